The van der Waals surface area contributed by atoms with Crippen LogP contribution in [0.3, 0.4) is 0 Å². The van der Waals surface area contributed by atoms with E-state index in [0.717, 1.165) is 24.8 Å². The number of allylic oxidation sites excluding steroid dienone is 1. The number of rotatable bonds is 4. The molecular formula is C14H17NO3S. The van der Waals surface area contributed by atoms with Crippen molar-refractivity contribution < 1.29 is 14.3 Å². The van der Waals surface area contributed by atoms with E-state index < -0.39 is 0 Å². The van der Waals surface area contributed by atoms with Gasteiger partial charge in [-0.15, -0.1) is 11.3 Å². The fourth-order valence-corrected chi connectivity index (χ4v) is 3.50. The largest absolute Gasteiger partial charge is 0.462 e. The van der Waals surface area contributed by atoms with Crippen molar-refractivity contribution in [2.45, 2.75) is 33.1 Å². The SMILES string of the molecule is C/C=C\C(=O)Nc1sc2c(c1C(=O)OCC)CCC2. The summed E-state index contributed by atoms with van der Waals surface area (Å²) in [6.07, 6.45) is 6.04. The average Bonchev–Trinajstić information content (AvgIpc) is 2.89. The number of carbonyl (C=O) groups is 2. The molecule has 0 bridgehead atoms. The molecule has 0 fully saturated rings. The Morgan fingerprint density at radius 2 is 2.21 bits per heavy atom. The maximum atomic E-state index is 12.0. The van der Waals surface area contributed by atoms with E-state index in [4.69, 9.17) is 4.74 Å². The van der Waals surface area contributed by atoms with Crippen molar-refractivity contribution in [3.63, 3.8) is 0 Å². The molecule has 0 saturated carbocycles. The number of hydrogen-bond donors (Lipinski definition) is 1. The van der Waals surface area contributed by atoms with Crippen molar-refractivity contribution in [1.29, 1.82) is 0 Å². The molecule has 0 aromatic carbocycles. The quantitative estimate of drug-likeness (QED) is 0.681. The van der Waals surface area contributed by atoms with E-state index in [2.05, 4.69) is 5.32 Å². The summed E-state index contributed by atoms with van der Waals surface area (Å²) in [5, 5.41) is 3.39. The Hall–Kier alpha value is -1.62. The molecule has 102 valence electrons. The molecule has 5 heteroatoms. The van der Waals surface area contributed by atoms with Crippen LogP contribution in [0.5, 0.6) is 0 Å². The molecular weight excluding hydrogens is 262 g/mol. The van der Waals surface area contributed by atoms with Crippen LogP contribution < -0.4 is 5.32 Å². The normalized spacial score (nSPS) is 13.6. The molecule has 0 atom stereocenters. The number of amides is 1. The van der Waals surface area contributed by atoms with E-state index in [1.165, 1.54) is 22.3 Å². The number of fused-ring (bicyclic) bond motifs is 1. The monoisotopic (exact) mass is 279 g/mol. The van der Waals surface area contributed by atoms with Crippen LogP contribution in [0.15, 0.2) is 12.2 Å². The van der Waals surface area contributed by atoms with E-state index in [0.29, 0.717) is 17.2 Å². The van der Waals surface area contributed by atoms with E-state index in [9.17, 15) is 9.59 Å². The highest BCUT2D eigenvalue weighted by molar-refractivity contribution is 7.17. The lowest BCUT2D eigenvalue weighted by atomic mass is 10.1. The standard InChI is InChI=1S/C14H17NO3S/c1-3-6-11(16)15-13-12(14(17)18-4-2)9-7-5-8-10(9)19-13/h3,6H,4-5,7-8H2,1-2H3,(H,15,16)/b6-3-. The molecule has 1 amide bonds. The summed E-state index contributed by atoms with van der Waals surface area (Å²) in [6, 6.07) is 0. The van der Waals surface area contributed by atoms with Crippen molar-refractivity contribution >= 4 is 28.2 Å². The van der Waals surface area contributed by atoms with E-state index >= 15 is 0 Å². The van der Waals surface area contributed by atoms with Gasteiger partial charge in [0.25, 0.3) is 0 Å². The molecule has 1 N–H and O–H groups in total. The van der Waals surface area contributed by atoms with Crippen LogP contribution in [-0.4, -0.2) is 18.5 Å². The minimum absolute atomic E-state index is 0.215. The third-order valence-corrected chi connectivity index (χ3v) is 4.16. The molecule has 2 rings (SSSR count). The number of aryl methyl sites for hydroxylation is 1. The first-order valence-electron chi connectivity index (χ1n) is 6.42. The van der Waals surface area contributed by atoms with Gasteiger partial charge in [0, 0.05) is 4.88 Å². The molecule has 0 unspecified atom stereocenters. The second-order valence-electron chi connectivity index (χ2n) is 4.27. The molecule has 1 aromatic rings. The van der Waals surface area contributed by atoms with Crippen LogP contribution >= 0.6 is 11.3 Å². The molecule has 0 spiro atoms. The lowest BCUT2D eigenvalue weighted by Crippen LogP contribution is -2.13. The first kappa shape index (κ1) is 13.8. The van der Waals surface area contributed by atoms with E-state index in [1.807, 2.05) is 0 Å². The first-order chi connectivity index (χ1) is 9.17. The van der Waals surface area contributed by atoms with Gasteiger partial charge in [-0.2, -0.15) is 0 Å². The topological polar surface area (TPSA) is 55.4 Å². The fraction of sp³-hybridized carbons (Fsp3) is 0.429. The van der Waals surface area contributed by atoms with Gasteiger partial charge < -0.3 is 10.1 Å². The van der Waals surface area contributed by atoms with Gasteiger partial charge in [-0.1, -0.05) is 6.08 Å². The Morgan fingerprint density at radius 3 is 2.89 bits per heavy atom. The molecule has 1 heterocycles. The second kappa shape index (κ2) is 6.02. The van der Waals surface area contributed by atoms with Gasteiger partial charge in [0.05, 0.1) is 12.2 Å². The smallest absolute Gasteiger partial charge is 0.341 e. The van der Waals surface area contributed by atoms with Gasteiger partial charge in [0.15, 0.2) is 0 Å². The third-order valence-electron chi connectivity index (χ3n) is 2.96. The summed E-state index contributed by atoms with van der Waals surface area (Å²) in [6.45, 7) is 3.90. The summed E-state index contributed by atoms with van der Waals surface area (Å²) in [5.41, 5.74) is 1.61. The highest BCUT2D eigenvalue weighted by atomic mass is 32.1. The molecule has 0 aliphatic heterocycles. The molecule has 0 saturated heterocycles. The zero-order chi connectivity index (χ0) is 13.8. The third kappa shape index (κ3) is 2.87. The minimum Gasteiger partial charge on any atom is -0.462 e. The van der Waals surface area contributed by atoms with Gasteiger partial charge >= 0.3 is 5.97 Å². The van der Waals surface area contributed by atoms with Crippen molar-refractivity contribution in [2.24, 2.45) is 0 Å². The molecule has 0 radical (unpaired) electrons. The van der Waals surface area contributed by atoms with Crippen LogP contribution in [0.25, 0.3) is 0 Å². The minimum atomic E-state index is -0.335. The number of anilines is 1. The van der Waals surface area contributed by atoms with Crippen molar-refractivity contribution in [3.8, 4) is 0 Å². The second-order valence-corrected chi connectivity index (χ2v) is 5.38. The van der Waals surface area contributed by atoms with Crippen LogP contribution in [0.2, 0.25) is 0 Å². The summed E-state index contributed by atoms with van der Waals surface area (Å²) in [7, 11) is 0. The van der Waals surface area contributed by atoms with Crippen molar-refractivity contribution in [2.75, 3.05) is 11.9 Å². The Balaban J connectivity index is 2.32. The van der Waals surface area contributed by atoms with Crippen LogP contribution in [-0.2, 0) is 22.4 Å². The van der Waals surface area contributed by atoms with Gasteiger partial charge in [-0.25, -0.2) is 4.79 Å². The molecule has 1 aliphatic carbocycles. The predicted octanol–water partition coefficient (Wildman–Crippen LogP) is 2.93. The number of esters is 1. The van der Waals surface area contributed by atoms with Crippen LogP contribution in [0, 0.1) is 0 Å². The predicted molar refractivity (Wildman–Crippen MR) is 75.7 cm³/mol. The Kier molecular flexibility index (Phi) is 4.37. The zero-order valence-electron chi connectivity index (χ0n) is 11.1. The molecule has 1 aromatic heterocycles. The zero-order valence-corrected chi connectivity index (χ0v) is 11.9. The molecule has 1 aliphatic rings. The van der Waals surface area contributed by atoms with Crippen LogP contribution in [0.4, 0.5) is 5.00 Å². The average molecular weight is 279 g/mol. The van der Waals surface area contributed by atoms with Gasteiger partial charge in [-0.3, -0.25) is 4.79 Å². The Labute approximate surface area is 116 Å². The first-order valence-corrected chi connectivity index (χ1v) is 7.24. The van der Waals surface area contributed by atoms with Crippen molar-refractivity contribution in [1.82, 2.24) is 0 Å². The van der Waals surface area contributed by atoms with Gasteiger partial charge in [0.1, 0.15) is 5.00 Å². The number of thiophene rings is 1. The molecule has 19 heavy (non-hydrogen) atoms. The van der Waals surface area contributed by atoms with Gasteiger partial charge in [0.2, 0.25) is 5.91 Å². The number of ether oxygens (including phenoxy) is 1. The Bertz CT molecular complexity index is 531. The summed E-state index contributed by atoms with van der Waals surface area (Å²) >= 11 is 1.49. The summed E-state index contributed by atoms with van der Waals surface area (Å²) in [4.78, 5) is 24.9. The highest BCUT2D eigenvalue weighted by Crippen LogP contribution is 2.39. The summed E-state index contributed by atoms with van der Waals surface area (Å²) in [5.74, 6) is -0.550. The Morgan fingerprint density at radius 1 is 1.42 bits per heavy atom. The van der Waals surface area contributed by atoms with Crippen LogP contribution in [0.1, 0.15) is 41.1 Å². The maximum absolute atomic E-state index is 12.0. The van der Waals surface area contributed by atoms with E-state index in [1.54, 1.807) is 19.9 Å². The highest BCUT2D eigenvalue weighted by Gasteiger charge is 2.27. The van der Waals surface area contributed by atoms with Gasteiger partial charge in [-0.05, 0) is 44.7 Å². The van der Waals surface area contributed by atoms with E-state index in [-0.39, 0.29) is 11.9 Å². The summed E-state index contributed by atoms with van der Waals surface area (Å²) < 4.78 is 5.09. The molecule has 4 nitrogen and oxygen atoms in total. The number of hydrogen-bond acceptors (Lipinski definition) is 4. The fourth-order valence-electron chi connectivity index (χ4n) is 2.22. The lowest BCUT2D eigenvalue weighted by molar-refractivity contribution is -0.111. The number of nitrogens with one attached hydrogen (secondary N) is 1. The number of carbonyl (C=O) groups excluding carboxylic acids is 2. The lowest BCUT2D eigenvalue weighted by Gasteiger charge is -2.06. The maximum Gasteiger partial charge on any atom is 0.341 e. The van der Waals surface area contributed by atoms with Crippen molar-refractivity contribution in [3.05, 3.63) is 28.2 Å².